The number of ether oxygens (including phenoxy) is 1. The maximum Gasteiger partial charge on any atom is 0.408 e. The van der Waals surface area contributed by atoms with Gasteiger partial charge in [0.2, 0.25) is 0 Å². The Morgan fingerprint density at radius 2 is 1.84 bits per heavy atom. The highest BCUT2D eigenvalue weighted by atomic mass is 16.6. The number of aliphatic carboxylic acids is 1. The molecule has 1 aliphatic carbocycles. The highest BCUT2D eigenvalue weighted by molar-refractivity contribution is 5.70. The van der Waals surface area contributed by atoms with E-state index in [4.69, 9.17) is 9.84 Å². The predicted octanol–water partition coefficient (Wildman–Crippen LogP) is 1.66. The van der Waals surface area contributed by atoms with Crippen LogP contribution in [0.3, 0.4) is 0 Å². The van der Waals surface area contributed by atoms with Crippen molar-refractivity contribution in [3.05, 3.63) is 0 Å². The van der Waals surface area contributed by atoms with Crippen molar-refractivity contribution in [3.63, 3.8) is 0 Å². The van der Waals surface area contributed by atoms with Gasteiger partial charge in [0.1, 0.15) is 5.60 Å². The Balaban J connectivity index is 2.71. The molecular formula is C13H23NO5. The Labute approximate surface area is 113 Å². The maximum absolute atomic E-state index is 11.8. The molecule has 3 N–H and O–H groups in total. The number of carboxylic acid groups (broad SMARTS) is 1. The van der Waals surface area contributed by atoms with E-state index in [1.807, 2.05) is 0 Å². The summed E-state index contributed by atoms with van der Waals surface area (Å²) in [5.74, 6) is -1.08. The number of amides is 1. The third kappa shape index (κ3) is 4.70. The predicted molar refractivity (Wildman–Crippen MR) is 68.8 cm³/mol. The van der Waals surface area contributed by atoms with Gasteiger partial charge in [0.05, 0.1) is 18.1 Å². The van der Waals surface area contributed by atoms with Crippen LogP contribution in [-0.4, -0.2) is 39.5 Å². The average molecular weight is 273 g/mol. The third-order valence-corrected chi connectivity index (χ3v) is 3.25. The minimum Gasteiger partial charge on any atom is -0.481 e. The largest absolute Gasteiger partial charge is 0.481 e. The number of nitrogens with one attached hydrogen (secondary N) is 1. The van der Waals surface area contributed by atoms with E-state index in [0.717, 1.165) is 12.8 Å². The lowest BCUT2D eigenvalue weighted by atomic mass is 9.88. The van der Waals surface area contributed by atoms with Crippen molar-refractivity contribution < 1.29 is 24.5 Å². The molecule has 0 aromatic rings. The maximum atomic E-state index is 11.8. The fourth-order valence-corrected chi connectivity index (χ4v) is 2.42. The third-order valence-electron chi connectivity index (χ3n) is 3.25. The smallest absolute Gasteiger partial charge is 0.408 e. The SMILES string of the molecule is CC(C)(C)OC(=O)NC1(C(O)CC(=O)O)CCCC1. The van der Waals surface area contributed by atoms with Crippen LogP contribution in [0.15, 0.2) is 0 Å². The second-order valence-corrected chi connectivity index (χ2v) is 6.10. The van der Waals surface area contributed by atoms with Crippen LogP contribution < -0.4 is 5.32 Å². The summed E-state index contributed by atoms with van der Waals surface area (Å²) >= 11 is 0. The Morgan fingerprint density at radius 1 is 1.32 bits per heavy atom. The van der Waals surface area contributed by atoms with Crippen LogP contribution in [-0.2, 0) is 9.53 Å². The molecule has 0 aromatic carbocycles. The van der Waals surface area contributed by atoms with E-state index in [0.29, 0.717) is 12.8 Å². The number of hydrogen-bond donors (Lipinski definition) is 3. The van der Waals surface area contributed by atoms with Crippen LogP contribution in [0, 0.1) is 0 Å². The Morgan fingerprint density at radius 3 is 2.26 bits per heavy atom. The van der Waals surface area contributed by atoms with E-state index in [2.05, 4.69) is 5.32 Å². The zero-order valence-corrected chi connectivity index (χ0v) is 11.7. The Hall–Kier alpha value is -1.30. The first-order valence-electron chi connectivity index (χ1n) is 6.56. The van der Waals surface area contributed by atoms with Crippen LogP contribution in [0.4, 0.5) is 4.79 Å². The van der Waals surface area contributed by atoms with Crippen LogP contribution in [0.25, 0.3) is 0 Å². The first-order valence-corrected chi connectivity index (χ1v) is 6.56. The summed E-state index contributed by atoms with van der Waals surface area (Å²) in [7, 11) is 0. The van der Waals surface area contributed by atoms with Gasteiger partial charge in [0.15, 0.2) is 0 Å². The number of carbonyl (C=O) groups is 2. The molecule has 1 saturated carbocycles. The molecule has 1 unspecified atom stereocenters. The van der Waals surface area contributed by atoms with Gasteiger partial charge in [-0.15, -0.1) is 0 Å². The second-order valence-electron chi connectivity index (χ2n) is 6.10. The molecule has 1 aliphatic rings. The quantitative estimate of drug-likeness (QED) is 0.724. The molecule has 6 heteroatoms. The molecule has 6 nitrogen and oxygen atoms in total. The Kier molecular flexibility index (Phi) is 4.79. The lowest BCUT2D eigenvalue weighted by Gasteiger charge is -2.35. The van der Waals surface area contributed by atoms with Crippen molar-refractivity contribution in [1.82, 2.24) is 5.32 Å². The first-order chi connectivity index (χ1) is 8.65. The minimum atomic E-state index is -1.10. The first kappa shape index (κ1) is 15.8. The summed E-state index contributed by atoms with van der Waals surface area (Å²) in [4.78, 5) is 22.5. The fourth-order valence-electron chi connectivity index (χ4n) is 2.42. The number of carboxylic acids is 1. The number of hydrogen-bond acceptors (Lipinski definition) is 4. The molecule has 0 heterocycles. The lowest BCUT2D eigenvalue weighted by molar-refractivity contribution is -0.140. The number of alkyl carbamates (subject to hydrolysis) is 1. The summed E-state index contributed by atoms with van der Waals surface area (Å²) < 4.78 is 5.17. The van der Waals surface area contributed by atoms with Gasteiger partial charge < -0.3 is 20.3 Å². The normalized spacial score (nSPS) is 19.8. The minimum absolute atomic E-state index is 0.379. The molecule has 1 rings (SSSR count). The Bertz CT molecular complexity index is 341. The van der Waals surface area contributed by atoms with Crippen LogP contribution >= 0.6 is 0 Å². The molecule has 0 radical (unpaired) electrons. The summed E-state index contributed by atoms with van der Waals surface area (Å²) in [6.45, 7) is 5.25. The van der Waals surface area contributed by atoms with Crippen molar-refractivity contribution >= 4 is 12.1 Å². The summed E-state index contributed by atoms with van der Waals surface area (Å²) in [5, 5.41) is 21.5. The van der Waals surface area contributed by atoms with Gasteiger partial charge in [-0.3, -0.25) is 4.79 Å². The van der Waals surface area contributed by atoms with Crippen molar-refractivity contribution in [2.24, 2.45) is 0 Å². The highest BCUT2D eigenvalue weighted by Crippen LogP contribution is 2.34. The van der Waals surface area contributed by atoms with Gasteiger partial charge in [-0.2, -0.15) is 0 Å². The molecule has 19 heavy (non-hydrogen) atoms. The molecule has 0 aliphatic heterocycles. The van der Waals surface area contributed by atoms with E-state index in [-0.39, 0.29) is 6.42 Å². The van der Waals surface area contributed by atoms with E-state index < -0.39 is 29.3 Å². The van der Waals surface area contributed by atoms with Crippen molar-refractivity contribution in [3.8, 4) is 0 Å². The van der Waals surface area contributed by atoms with Crippen molar-refractivity contribution in [2.75, 3.05) is 0 Å². The van der Waals surface area contributed by atoms with E-state index >= 15 is 0 Å². The zero-order valence-electron chi connectivity index (χ0n) is 11.7. The van der Waals surface area contributed by atoms with Gasteiger partial charge in [0.25, 0.3) is 0 Å². The molecule has 1 amide bonds. The second kappa shape index (κ2) is 5.77. The van der Waals surface area contributed by atoms with E-state index in [1.165, 1.54) is 0 Å². The zero-order chi connectivity index (χ0) is 14.7. The monoisotopic (exact) mass is 273 g/mol. The molecule has 0 spiro atoms. The molecule has 0 bridgehead atoms. The topological polar surface area (TPSA) is 95.9 Å². The number of rotatable bonds is 4. The van der Waals surface area contributed by atoms with Crippen LogP contribution in [0.2, 0.25) is 0 Å². The van der Waals surface area contributed by atoms with Crippen molar-refractivity contribution in [2.45, 2.75) is 70.1 Å². The molecule has 1 atom stereocenters. The highest BCUT2D eigenvalue weighted by Gasteiger charge is 2.43. The molecule has 110 valence electrons. The van der Waals surface area contributed by atoms with E-state index in [9.17, 15) is 14.7 Å². The van der Waals surface area contributed by atoms with E-state index in [1.54, 1.807) is 20.8 Å². The number of carbonyl (C=O) groups excluding carboxylic acids is 1. The van der Waals surface area contributed by atoms with Crippen LogP contribution in [0.1, 0.15) is 52.9 Å². The van der Waals surface area contributed by atoms with Gasteiger partial charge in [0, 0.05) is 0 Å². The standard InChI is InChI=1S/C13H23NO5/c1-12(2,3)19-11(18)14-13(6-4-5-7-13)9(15)8-10(16)17/h9,15H,4-8H2,1-3H3,(H,14,18)(H,16,17). The van der Waals surface area contributed by atoms with Gasteiger partial charge in [-0.1, -0.05) is 12.8 Å². The average Bonchev–Trinajstić information content (AvgIpc) is 2.63. The van der Waals surface area contributed by atoms with Gasteiger partial charge in [-0.25, -0.2) is 4.79 Å². The lowest BCUT2D eigenvalue weighted by Crippen LogP contribution is -2.56. The molecule has 0 saturated heterocycles. The van der Waals surface area contributed by atoms with Crippen LogP contribution in [0.5, 0.6) is 0 Å². The summed E-state index contributed by atoms with van der Waals surface area (Å²) in [6.07, 6.45) is 0.759. The number of aliphatic hydroxyl groups excluding tert-OH is 1. The number of aliphatic hydroxyl groups is 1. The van der Waals surface area contributed by atoms with Gasteiger partial charge in [-0.05, 0) is 33.6 Å². The molecular weight excluding hydrogens is 250 g/mol. The molecule has 0 aromatic heterocycles. The summed E-state index contributed by atoms with van der Waals surface area (Å²) in [5.41, 5.74) is -1.50. The van der Waals surface area contributed by atoms with Crippen molar-refractivity contribution in [1.29, 1.82) is 0 Å². The molecule has 1 fully saturated rings. The van der Waals surface area contributed by atoms with Gasteiger partial charge >= 0.3 is 12.1 Å². The fraction of sp³-hybridized carbons (Fsp3) is 0.846. The summed E-state index contributed by atoms with van der Waals surface area (Å²) in [6, 6.07) is 0.